The number of nitrogens with zero attached hydrogens (tertiary/aromatic N) is 4. The fourth-order valence-corrected chi connectivity index (χ4v) is 3.70. The van der Waals surface area contributed by atoms with Crippen LogP contribution in [0.4, 0.5) is 5.82 Å². The number of carbonyl (C=O) groups excluding carboxylic acids is 1. The van der Waals surface area contributed by atoms with Crippen molar-refractivity contribution >= 4 is 17.7 Å². The molecule has 0 saturated carbocycles. The van der Waals surface area contributed by atoms with Crippen molar-refractivity contribution in [1.29, 1.82) is 0 Å². The number of rotatable bonds is 8. The highest BCUT2D eigenvalue weighted by Gasteiger charge is 2.21. The van der Waals surface area contributed by atoms with Gasteiger partial charge in [0.25, 0.3) is 0 Å². The van der Waals surface area contributed by atoms with Gasteiger partial charge in [0, 0.05) is 58.4 Å². The monoisotopic (exact) mass is 422 g/mol. The molecular weight excluding hydrogens is 388 g/mol. The number of pyridine rings is 1. The number of benzene rings is 1. The maximum atomic E-state index is 12.6. The van der Waals surface area contributed by atoms with Crippen LogP contribution < -0.4 is 15.5 Å². The molecule has 1 amide bonds. The fraction of sp³-hybridized carbons (Fsp3) is 0.458. The van der Waals surface area contributed by atoms with Crippen LogP contribution in [0.1, 0.15) is 25.3 Å². The molecule has 31 heavy (non-hydrogen) atoms. The second-order valence-corrected chi connectivity index (χ2v) is 7.87. The van der Waals surface area contributed by atoms with E-state index in [4.69, 9.17) is 0 Å². The van der Waals surface area contributed by atoms with Gasteiger partial charge in [-0.05, 0) is 37.5 Å². The van der Waals surface area contributed by atoms with Crippen LogP contribution in [0.5, 0.6) is 0 Å². The molecule has 0 bridgehead atoms. The number of hydrogen-bond donors (Lipinski definition) is 2. The zero-order valence-electron chi connectivity index (χ0n) is 18.6. The van der Waals surface area contributed by atoms with Gasteiger partial charge >= 0.3 is 0 Å². The molecule has 2 N–H and O–H groups in total. The largest absolute Gasteiger partial charge is 0.356 e. The first kappa shape index (κ1) is 22.6. The molecule has 2 aromatic rings. The van der Waals surface area contributed by atoms with Crippen molar-refractivity contribution in [2.75, 3.05) is 44.7 Å². The summed E-state index contributed by atoms with van der Waals surface area (Å²) in [6.45, 7) is 5.83. The minimum atomic E-state index is 0.181. The van der Waals surface area contributed by atoms with Crippen LogP contribution >= 0.6 is 0 Å². The molecule has 0 radical (unpaired) electrons. The molecule has 1 unspecified atom stereocenters. The molecule has 1 aromatic carbocycles. The predicted octanol–water partition coefficient (Wildman–Crippen LogP) is 2.31. The van der Waals surface area contributed by atoms with Gasteiger partial charge in [-0.25, -0.2) is 4.98 Å². The number of carbonyl (C=O) groups is 1. The van der Waals surface area contributed by atoms with Gasteiger partial charge in [-0.15, -0.1) is 0 Å². The summed E-state index contributed by atoms with van der Waals surface area (Å²) in [7, 11) is 1.76. The van der Waals surface area contributed by atoms with Crippen LogP contribution in [-0.2, 0) is 11.2 Å². The van der Waals surface area contributed by atoms with Crippen LogP contribution in [0, 0.1) is 0 Å². The second kappa shape index (κ2) is 11.9. The zero-order valence-corrected chi connectivity index (χ0v) is 18.6. The van der Waals surface area contributed by atoms with E-state index in [-0.39, 0.29) is 5.91 Å². The molecule has 0 aliphatic carbocycles. The van der Waals surface area contributed by atoms with Crippen LogP contribution in [0.25, 0.3) is 0 Å². The van der Waals surface area contributed by atoms with Crippen molar-refractivity contribution in [3.63, 3.8) is 0 Å². The lowest BCUT2D eigenvalue weighted by Crippen LogP contribution is -2.50. The highest BCUT2D eigenvalue weighted by atomic mass is 16.2. The Morgan fingerprint density at radius 1 is 1.10 bits per heavy atom. The van der Waals surface area contributed by atoms with Crippen LogP contribution in [0.15, 0.2) is 59.7 Å². The van der Waals surface area contributed by atoms with E-state index in [1.165, 1.54) is 5.56 Å². The van der Waals surface area contributed by atoms with E-state index >= 15 is 0 Å². The zero-order chi connectivity index (χ0) is 21.9. The normalized spacial score (nSPS) is 15.5. The van der Waals surface area contributed by atoms with Crippen molar-refractivity contribution in [2.24, 2.45) is 4.99 Å². The quantitative estimate of drug-likeness (QED) is 0.505. The number of anilines is 1. The van der Waals surface area contributed by atoms with Crippen molar-refractivity contribution < 1.29 is 4.79 Å². The molecule has 1 aromatic heterocycles. The molecule has 7 nitrogen and oxygen atoms in total. The molecule has 1 saturated heterocycles. The van der Waals surface area contributed by atoms with Crippen LogP contribution in [0.2, 0.25) is 0 Å². The Bertz CT molecular complexity index is 818. The van der Waals surface area contributed by atoms with E-state index in [0.29, 0.717) is 19.0 Å². The average molecular weight is 423 g/mol. The molecule has 0 spiro atoms. The third-order valence-electron chi connectivity index (χ3n) is 5.55. The number of aromatic nitrogens is 1. The standard InChI is InChI=1S/C24H34N6O/c1-20(11-12-21-8-4-3-5-9-21)28-24(25-2)27-15-13-23(31)30-18-16-29(17-19-30)22-10-6-7-14-26-22/h3-10,14,20H,11-13,15-19H2,1-2H3,(H2,25,27,28). The Balaban J connectivity index is 1.33. The van der Waals surface area contributed by atoms with E-state index in [2.05, 4.69) is 56.7 Å². The lowest BCUT2D eigenvalue weighted by atomic mass is 10.1. The Hall–Kier alpha value is -3.09. The summed E-state index contributed by atoms with van der Waals surface area (Å²) in [5.74, 6) is 1.90. The van der Waals surface area contributed by atoms with E-state index in [1.54, 1.807) is 7.05 Å². The molecule has 2 heterocycles. The average Bonchev–Trinajstić information content (AvgIpc) is 2.83. The molecule has 1 fully saturated rings. The summed E-state index contributed by atoms with van der Waals surface area (Å²) in [5, 5.41) is 6.69. The van der Waals surface area contributed by atoms with E-state index in [1.807, 2.05) is 35.4 Å². The third kappa shape index (κ3) is 7.27. The number of aliphatic imine (C=N–C) groups is 1. The van der Waals surface area contributed by atoms with Gasteiger partial charge in [-0.1, -0.05) is 36.4 Å². The Morgan fingerprint density at radius 2 is 1.84 bits per heavy atom. The fourth-order valence-electron chi connectivity index (χ4n) is 3.70. The Morgan fingerprint density at radius 3 is 2.52 bits per heavy atom. The molecular formula is C24H34N6O. The molecule has 3 rings (SSSR count). The van der Waals surface area contributed by atoms with Gasteiger partial charge in [0.05, 0.1) is 0 Å². The van der Waals surface area contributed by atoms with Gasteiger partial charge in [0.15, 0.2) is 5.96 Å². The molecule has 1 aliphatic heterocycles. The van der Waals surface area contributed by atoms with Gasteiger partial charge < -0.3 is 20.4 Å². The van der Waals surface area contributed by atoms with E-state index in [0.717, 1.165) is 50.8 Å². The number of piperazine rings is 1. The Labute approximate surface area is 185 Å². The summed E-state index contributed by atoms with van der Waals surface area (Å²) in [6, 6.07) is 16.7. The van der Waals surface area contributed by atoms with Gasteiger partial charge in [-0.2, -0.15) is 0 Å². The number of hydrogen-bond acceptors (Lipinski definition) is 4. The molecule has 166 valence electrons. The topological polar surface area (TPSA) is 72.9 Å². The first-order valence-corrected chi connectivity index (χ1v) is 11.1. The van der Waals surface area contributed by atoms with Gasteiger partial charge in [-0.3, -0.25) is 9.79 Å². The van der Waals surface area contributed by atoms with Crippen molar-refractivity contribution in [3.05, 3.63) is 60.3 Å². The lowest BCUT2D eigenvalue weighted by Gasteiger charge is -2.35. The highest BCUT2D eigenvalue weighted by molar-refractivity contribution is 5.81. The van der Waals surface area contributed by atoms with Crippen molar-refractivity contribution in [2.45, 2.75) is 32.2 Å². The maximum absolute atomic E-state index is 12.6. The molecule has 1 atom stereocenters. The Kier molecular flexibility index (Phi) is 8.70. The van der Waals surface area contributed by atoms with E-state index in [9.17, 15) is 4.79 Å². The van der Waals surface area contributed by atoms with E-state index < -0.39 is 0 Å². The smallest absolute Gasteiger partial charge is 0.224 e. The second-order valence-electron chi connectivity index (χ2n) is 7.87. The van der Waals surface area contributed by atoms with Crippen LogP contribution in [-0.4, -0.2) is 67.6 Å². The lowest BCUT2D eigenvalue weighted by molar-refractivity contribution is -0.131. The summed E-state index contributed by atoms with van der Waals surface area (Å²) in [6.07, 6.45) is 4.31. The molecule has 7 heteroatoms. The first-order valence-electron chi connectivity index (χ1n) is 11.1. The number of guanidine groups is 1. The van der Waals surface area contributed by atoms with Crippen LogP contribution in [0.3, 0.4) is 0 Å². The van der Waals surface area contributed by atoms with Crippen molar-refractivity contribution in [3.8, 4) is 0 Å². The highest BCUT2D eigenvalue weighted by Crippen LogP contribution is 2.13. The summed E-state index contributed by atoms with van der Waals surface area (Å²) >= 11 is 0. The van der Waals surface area contributed by atoms with Gasteiger partial charge in [0.1, 0.15) is 5.82 Å². The minimum absolute atomic E-state index is 0.181. The minimum Gasteiger partial charge on any atom is -0.356 e. The maximum Gasteiger partial charge on any atom is 0.224 e. The molecule has 1 aliphatic rings. The first-order chi connectivity index (χ1) is 15.2. The number of aryl methyl sites for hydroxylation is 1. The SMILES string of the molecule is CN=C(NCCC(=O)N1CCN(c2ccccn2)CC1)NC(C)CCc1ccccc1. The number of amides is 1. The van der Waals surface area contributed by atoms with Crippen molar-refractivity contribution in [1.82, 2.24) is 20.5 Å². The predicted molar refractivity (Wildman–Crippen MR) is 126 cm³/mol. The summed E-state index contributed by atoms with van der Waals surface area (Å²) < 4.78 is 0. The third-order valence-corrected chi connectivity index (χ3v) is 5.55. The van der Waals surface area contributed by atoms with Gasteiger partial charge in [0.2, 0.25) is 5.91 Å². The summed E-state index contributed by atoms with van der Waals surface area (Å²) in [5.41, 5.74) is 1.34. The summed E-state index contributed by atoms with van der Waals surface area (Å²) in [4.78, 5) is 25.4. The number of nitrogens with one attached hydrogen (secondary N) is 2.